The maximum Gasteiger partial charge on any atom is 0.255 e. The molecule has 0 spiro atoms. The molecule has 156 valence electrons. The first-order valence-electron chi connectivity index (χ1n) is 10.1. The van der Waals surface area contributed by atoms with Gasteiger partial charge in [0.25, 0.3) is 5.91 Å². The van der Waals surface area contributed by atoms with E-state index in [0.717, 1.165) is 25.3 Å². The minimum atomic E-state index is -0.178. The molecule has 0 bridgehead atoms. The van der Waals surface area contributed by atoms with Crippen LogP contribution in [-0.4, -0.2) is 33.2 Å². The lowest BCUT2D eigenvalue weighted by Crippen LogP contribution is -3.12. The number of nitrogens with one attached hydrogen (secondary N) is 2. The second-order valence-corrected chi connectivity index (χ2v) is 7.45. The van der Waals surface area contributed by atoms with Crippen LogP contribution in [0.5, 0.6) is 11.5 Å². The molecule has 0 fully saturated rings. The number of methoxy groups -OCH3 is 2. The van der Waals surface area contributed by atoms with Gasteiger partial charge in [0.1, 0.15) is 18.0 Å². The molecule has 0 radical (unpaired) electrons. The van der Waals surface area contributed by atoms with Gasteiger partial charge in [-0.05, 0) is 29.8 Å². The molecule has 6 nitrogen and oxygen atoms in total. The number of hydrogen-bond acceptors (Lipinski definition) is 4. The van der Waals surface area contributed by atoms with E-state index in [1.807, 2.05) is 12.1 Å². The molecule has 3 aromatic rings. The number of amides is 1. The largest absolute Gasteiger partial charge is 0.497 e. The van der Waals surface area contributed by atoms with Crippen LogP contribution in [-0.2, 0) is 13.0 Å². The highest BCUT2D eigenvalue weighted by Gasteiger charge is 2.31. The molecule has 6 heteroatoms. The van der Waals surface area contributed by atoms with E-state index in [4.69, 9.17) is 13.9 Å². The molecular formula is C24H27N2O4+. The molecule has 1 amide bonds. The zero-order chi connectivity index (χ0) is 20.9. The minimum absolute atomic E-state index is 0.0292. The summed E-state index contributed by atoms with van der Waals surface area (Å²) < 4.78 is 16.3. The highest BCUT2D eigenvalue weighted by molar-refractivity contribution is 5.97. The zero-order valence-electron chi connectivity index (χ0n) is 17.3. The van der Waals surface area contributed by atoms with Gasteiger partial charge in [0.15, 0.2) is 11.8 Å². The average molecular weight is 407 g/mol. The first kappa shape index (κ1) is 20.0. The summed E-state index contributed by atoms with van der Waals surface area (Å²) in [5, 5.41) is 3.08. The summed E-state index contributed by atoms with van der Waals surface area (Å²) in [5.41, 5.74) is 3.25. The third-order valence-corrected chi connectivity index (χ3v) is 5.75. The van der Waals surface area contributed by atoms with Crippen molar-refractivity contribution in [1.82, 2.24) is 5.32 Å². The van der Waals surface area contributed by atoms with Crippen molar-refractivity contribution < 1.29 is 23.6 Å². The Labute approximate surface area is 176 Å². The lowest BCUT2D eigenvalue weighted by molar-refractivity contribution is -0.946. The number of furan rings is 1. The second kappa shape index (κ2) is 9.05. The van der Waals surface area contributed by atoms with Crippen LogP contribution in [0.3, 0.4) is 0 Å². The van der Waals surface area contributed by atoms with Gasteiger partial charge in [-0.25, -0.2) is 0 Å². The fraction of sp³-hybridized carbons (Fsp3) is 0.292. The van der Waals surface area contributed by atoms with Gasteiger partial charge in [0.2, 0.25) is 0 Å². The number of benzene rings is 2. The maximum absolute atomic E-state index is 12.9. The average Bonchev–Trinajstić information content (AvgIpc) is 3.33. The monoisotopic (exact) mass is 407 g/mol. The standard InChI is InChI=1S/C24H26N2O4/c1-28-19-9-10-20(23(14-19)29-2)24(27)25-15-21(22-8-5-13-30-22)26-12-11-17-6-3-4-7-18(17)16-26/h3-10,13-14,21H,11-12,15-16H2,1-2H3,(H,25,27)/p+1/t21-/m0/s1. The zero-order valence-corrected chi connectivity index (χ0v) is 17.3. The van der Waals surface area contributed by atoms with Crippen LogP contribution in [0.1, 0.15) is 33.3 Å². The van der Waals surface area contributed by atoms with Gasteiger partial charge >= 0.3 is 0 Å². The van der Waals surface area contributed by atoms with E-state index in [-0.39, 0.29) is 11.9 Å². The van der Waals surface area contributed by atoms with Crippen LogP contribution in [0.4, 0.5) is 0 Å². The molecule has 1 aliphatic heterocycles. The Hall–Kier alpha value is -3.25. The second-order valence-electron chi connectivity index (χ2n) is 7.45. The van der Waals surface area contributed by atoms with Gasteiger partial charge < -0.3 is 24.1 Å². The molecule has 4 rings (SSSR count). The summed E-state index contributed by atoms with van der Waals surface area (Å²) in [7, 11) is 3.13. The van der Waals surface area contributed by atoms with Gasteiger partial charge in [0.05, 0.1) is 39.1 Å². The van der Waals surface area contributed by atoms with Crippen molar-refractivity contribution in [3.63, 3.8) is 0 Å². The lowest BCUT2D eigenvalue weighted by Gasteiger charge is -2.31. The molecule has 2 N–H and O–H groups in total. The summed E-state index contributed by atoms with van der Waals surface area (Å²) in [4.78, 5) is 14.3. The topological polar surface area (TPSA) is 65.1 Å². The van der Waals surface area contributed by atoms with Crippen molar-refractivity contribution in [2.24, 2.45) is 0 Å². The van der Waals surface area contributed by atoms with Gasteiger partial charge in [-0.1, -0.05) is 24.3 Å². The predicted molar refractivity (Wildman–Crippen MR) is 113 cm³/mol. The molecule has 0 aliphatic carbocycles. The number of hydrogen-bond donors (Lipinski definition) is 2. The maximum atomic E-state index is 12.9. The van der Waals surface area contributed by atoms with Crippen LogP contribution in [0, 0.1) is 0 Å². The molecule has 2 aromatic carbocycles. The number of fused-ring (bicyclic) bond motifs is 1. The van der Waals surface area contributed by atoms with Crippen molar-refractivity contribution in [2.75, 3.05) is 27.3 Å². The van der Waals surface area contributed by atoms with Crippen LogP contribution in [0.2, 0.25) is 0 Å². The summed E-state index contributed by atoms with van der Waals surface area (Å²) in [6, 6.07) is 17.7. The highest BCUT2D eigenvalue weighted by Crippen LogP contribution is 2.24. The van der Waals surface area contributed by atoms with Gasteiger partial charge in [-0.2, -0.15) is 0 Å². The van der Waals surface area contributed by atoms with Crippen LogP contribution in [0.15, 0.2) is 65.3 Å². The number of carbonyl (C=O) groups is 1. The summed E-state index contributed by atoms with van der Waals surface area (Å²) in [6.07, 6.45) is 2.71. The van der Waals surface area contributed by atoms with Crippen LogP contribution in [0.25, 0.3) is 0 Å². The molecule has 0 saturated heterocycles. The number of quaternary nitrogens is 1. The Kier molecular flexibility index (Phi) is 6.05. The molecule has 1 aromatic heterocycles. The predicted octanol–water partition coefficient (Wildman–Crippen LogP) is 2.41. The molecule has 2 heterocycles. The summed E-state index contributed by atoms with van der Waals surface area (Å²) in [6.45, 7) is 2.37. The van der Waals surface area contributed by atoms with Crippen molar-refractivity contribution in [2.45, 2.75) is 19.0 Å². The Morgan fingerprint density at radius 2 is 1.93 bits per heavy atom. The van der Waals surface area contributed by atoms with E-state index < -0.39 is 0 Å². The van der Waals surface area contributed by atoms with Crippen molar-refractivity contribution in [3.8, 4) is 11.5 Å². The molecule has 30 heavy (non-hydrogen) atoms. The Bertz CT molecular complexity index is 1000. The summed E-state index contributed by atoms with van der Waals surface area (Å²) in [5.74, 6) is 1.84. The highest BCUT2D eigenvalue weighted by atomic mass is 16.5. The number of rotatable bonds is 7. The summed E-state index contributed by atoms with van der Waals surface area (Å²) >= 11 is 0. The lowest BCUT2D eigenvalue weighted by atomic mass is 9.98. The normalized spacial score (nSPS) is 16.4. The van der Waals surface area contributed by atoms with E-state index in [9.17, 15) is 4.79 Å². The van der Waals surface area contributed by atoms with Crippen LogP contribution < -0.4 is 19.7 Å². The fourth-order valence-corrected chi connectivity index (χ4v) is 4.11. The van der Waals surface area contributed by atoms with Crippen molar-refractivity contribution in [1.29, 1.82) is 0 Å². The minimum Gasteiger partial charge on any atom is -0.497 e. The van der Waals surface area contributed by atoms with Gasteiger partial charge in [0, 0.05) is 18.1 Å². The van der Waals surface area contributed by atoms with E-state index >= 15 is 0 Å². The quantitative estimate of drug-likeness (QED) is 0.631. The number of ether oxygens (including phenoxy) is 2. The molecule has 0 saturated carbocycles. The molecule has 1 aliphatic rings. The first-order chi connectivity index (χ1) is 14.7. The van der Waals surface area contributed by atoms with E-state index in [0.29, 0.717) is 23.6 Å². The fourth-order valence-electron chi connectivity index (χ4n) is 4.11. The van der Waals surface area contributed by atoms with Crippen molar-refractivity contribution >= 4 is 5.91 Å². The Morgan fingerprint density at radius 1 is 1.10 bits per heavy atom. The smallest absolute Gasteiger partial charge is 0.255 e. The molecule has 2 atom stereocenters. The third kappa shape index (κ3) is 4.19. The Morgan fingerprint density at radius 3 is 2.67 bits per heavy atom. The Balaban J connectivity index is 1.51. The van der Waals surface area contributed by atoms with Crippen molar-refractivity contribution in [3.05, 3.63) is 83.3 Å². The van der Waals surface area contributed by atoms with Gasteiger partial charge in [-0.3, -0.25) is 4.79 Å². The number of carbonyl (C=O) groups excluding carboxylic acids is 1. The molecule has 1 unspecified atom stereocenters. The SMILES string of the molecule is COc1ccc(C(=O)NC[C@@H](c2ccco2)[NH+]2CCc3ccccc3C2)c(OC)c1. The molecular weight excluding hydrogens is 380 g/mol. The first-order valence-corrected chi connectivity index (χ1v) is 10.1. The van der Waals surface area contributed by atoms with Crippen LogP contribution >= 0.6 is 0 Å². The van der Waals surface area contributed by atoms with Gasteiger partial charge in [-0.15, -0.1) is 0 Å². The van der Waals surface area contributed by atoms with E-state index in [1.54, 1.807) is 38.7 Å². The van der Waals surface area contributed by atoms with E-state index in [1.165, 1.54) is 16.0 Å². The third-order valence-electron chi connectivity index (χ3n) is 5.75. The van der Waals surface area contributed by atoms with E-state index in [2.05, 4.69) is 29.6 Å².